The number of amides is 1. The van der Waals surface area contributed by atoms with E-state index in [4.69, 9.17) is 20.8 Å². The smallest absolute Gasteiger partial charge is 0.290 e. The van der Waals surface area contributed by atoms with E-state index >= 15 is 0 Å². The summed E-state index contributed by atoms with van der Waals surface area (Å²) in [6, 6.07) is 20.1. The van der Waals surface area contributed by atoms with Crippen molar-refractivity contribution in [3.63, 3.8) is 0 Å². The van der Waals surface area contributed by atoms with E-state index in [1.54, 1.807) is 42.0 Å². The van der Waals surface area contributed by atoms with Crippen LogP contribution in [0.1, 0.15) is 33.3 Å². The molecule has 0 fully saturated rings. The van der Waals surface area contributed by atoms with Crippen molar-refractivity contribution in [2.45, 2.75) is 17.4 Å². The molecule has 0 saturated carbocycles. The van der Waals surface area contributed by atoms with Gasteiger partial charge in [-0.05, 0) is 66.3 Å². The number of nitrogens with zero attached hydrogens (tertiary/aromatic N) is 1. The first-order valence-corrected chi connectivity index (χ1v) is 12.4. The highest BCUT2D eigenvalue weighted by Crippen LogP contribution is 2.39. The molecule has 0 aliphatic carbocycles. The van der Waals surface area contributed by atoms with Crippen LogP contribution in [0.4, 0.5) is 0 Å². The molecule has 1 aliphatic heterocycles. The molecule has 4 aromatic rings. The van der Waals surface area contributed by atoms with E-state index in [1.165, 1.54) is 0 Å². The molecule has 34 heavy (non-hydrogen) atoms. The third-order valence-corrected chi connectivity index (χ3v) is 7.14. The summed E-state index contributed by atoms with van der Waals surface area (Å²) in [7, 11) is 1.63. The number of ether oxygens (including phenoxy) is 1. The average molecular weight is 492 g/mol. The minimum Gasteiger partial charge on any atom is -0.497 e. The lowest BCUT2D eigenvalue weighted by molar-refractivity contribution is 0.0730. The molecule has 172 valence electrons. The fourth-order valence-electron chi connectivity index (χ4n) is 4.40. The molecule has 0 radical (unpaired) electrons. The number of methoxy groups -OCH3 is 1. The van der Waals surface area contributed by atoms with Crippen LogP contribution in [0.2, 0.25) is 5.02 Å². The van der Waals surface area contributed by atoms with Gasteiger partial charge in [-0.1, -0.05) is 35.9 Å². The predicted molar refractivity (Wildman–Crippen MR) is 135 cm³/mol. The normalized spacial score (nSPS) is 15.1. The number of rotatable bonds is 6. The molecule has 1 unspecified atom stereocenters. The second kappa shape index (κ2) is 9.20. The number of fused-ring (bicyclic) bond motifs is 2. The molecule has 0 bridgehead atoms. The van der Waals surface area contributed by atoms with Crippen LogP contribution in [0.3, 0.4) is 0 Å². The molecule has 0 N–H and O–H groups in total. The van der Waals surface area contributed by atoms with Gasteiger partial charge in [-0.15, -0.1) is 11.8 Å². The van der Waals surface area contributed by atoms with Crippen molar-refractivity contribution in [3.05, 3.63) is 104 Å². The Labute approximate surface area is 206 Å². The van der Waals surface area contributed by atoms with Gasteiger partial charge in [0.25, 0.3) is 5.91 Å². The van der Waals surface area contributed by atoms with Crippen molar-refractivity contribution in [1.82, 2.24) is 4.90 Å². The summed E-state index contributed by atoms with van der Waals surface area (Å²) >= 11 is 7.79. The Morgan fingerprint density at radius 3 is 2.44 bits per heavy atom. The van der Waals surface area contributed by atoms with Crippen molar-refractivity contribution in [2.75, 3.05) is 19.9 Å². The van der Waals surface area contributed by atoms with Gasteiger partial charge in [0.1, 0.15) is 11.3 Å². The zero-order chi connectivity index (χ0) is 23.8. The van der Waals surface area contributed by atoms with Gasteiger partial charge >= 0.3 is 0 Å². The van der Waals surface area contributed by atoms with Crippen molar-refractivity contribution in [2.24, 2.45) is 0 Å². The lowest BCUT2D eigenvalue weighted by Gasteiger charge is -2.25. The van der Waals surface area contributed by atoms with Gasteiger partial charge in [0.05, 0.1) is 24.1 Å². The molecule has 3 aromatic carbocycles. The van der Waals surface area contributed by atoms with Gasteiger partial charge < -0.3 is 14.1 Å². The molecule has 1 atom stereocenters. The SMILES string of the molecule is COc1ccc(CCN2C(=O)c3oc4ccc(Cl)cc4c(=O)c3C2c2ccc(SC)cc2)cc1. The van der Waals surface area contributed by atoms with E-state index in [0.717, 1.165) is 21.8 Å². The molecule has 7 heteroatoms. The second-order valence-corrected chi connectivity index (χ2v) is 9.40. The van der Waals surface area contributed by atoms with Crippen LogP contribution >= 0.6 is 23.4 Å². The minimum atomic E-state index is -0.531. The lowest BCUT2D eigenvalue weighted by atomic mass is 9.98. The number of carbonyl (C=O) groups excluding carboxylic acids is 1. The Kier molecular flexibility index (Phi) is 6.11. The quantitative estimate of drug-likeness (QED) is 0.311. The number of hydrogen-bond acceptors (Lipinski definition) is 5. The first-order chi connectivity index (χ1) is 16.5. The summed E-state index contributed by atoms with van der Waals surface area (Å²) in [4.78, 5) is 30.0. The number of carbonyl (C=O) groups is 1. The topological polar surface area (TPSA) is 59.8 Å². The van der Waals surface area contributed by atoms with Gasteiger partial charge in [0, 0.05) is 16.5 Å². The van der Waals surface area contributed by atoms with E-state index in [-0.39, 0.29) is 17.1 Å². The molecular weight excluding hydrogens is 470 g/mol. The van der Waals surface area contributed by atoms with Gasteiger partial charge in [-0.3, -0.25) is 9.59 Å². The van der Waals surface area contributed by atoms with E-state index < -0.39 is 6.04 Å². The standard InChI is InChI=1S/C27H22ClNO4S/c1-32-19-8-3-16(4-9-19)13-14-29-24(17-5-10-20(34-2)11-6-17)23-25(30)21-15-18(28)7-12-22(21)33-26(23)27(29)31/h3-12,15,24H,13-14H2,1-2H3. The number of halogens is 1. The molecular formula is C27H22ClNO4S. The highest BCUT2D eigenvalue weighted by Gasteiger charge is 2.42. The Balaban J connectivity index is 1.59. The van der Waals surface area contributed by atoms with E-state index in [2.05, 4.69) is 0 Å². The molecule has 5 rings (SSSR count). The van der Waals surface area contributed by atoms with Gasteiger partial charge in [-0.2, -0.15) is 0 Å². The summed E-state index contributed by atoms with van der Waals surface area (Å²) in [5.74, 6) is 0.602. The Morgan fingerprint density at radius 1 is 1.03 bits per heavy atom. The fraction of sp³-hybridized carbons (Fsp3) is 0.185. The average Bonchev–Trinajstić information content (AvgIpc) is 3.15. The summed E-state index contributed by atoms with van der Waals surface area (Å²) < 4.78 is 11.2. The van der Waals surface area contributed by atoms with E-state index in [9.17, 15) is 9.59 Å². The number of benzene rings is 3. The highest BCUT2D eigenvalue weighted by molar-refractivity contribution is 7.98. The van der Waals surface area contributed by atoms with Crippen molar-refractivity contribution in [3.8, 4) is 5.75 Å². The first kappa shape index (κ1) is 22.6. The van der Waals surface area contributed by atoms with Crippen LogP contribution < -0.4 is 10.2 Å². The number of thioether (sulfide) groups is 1. The Morgan fingerprint density at radius 2 is 1.76 bits per heavy atom. The predicted octanol–water partition coefficient (Wildman–Crippen LogP) is 5.96. The van der Waals surface area contributed by atoms with Crippen molar-refractivity contribution >= 4 is 40.2 Å². The Bertz CT molecular complexity index is 1430. The summed E-state index contributed by atoms with van der Waals surface area (Å²) in [5, 5.41) is 0.822. The Hall–Kier alpha value is -3.22. The van der Waals surface area contributed by atoms with Crippen LogP contribution in [-0.4, -0.2) is 30.7 Å². The summed E-state index contributed by atoms with van der Waals surface area (Å²) in [6.07, 6.45) is 2.64. The van der Waals surface area contributed by atoms with E-state index in [1.807, 2.05) is 54.8 Å². The van der Waals surface area contributed by atoms with Crippen molar-refractivity contribution < 1.29 is 13.9 Å². The fourth-order valence-corrected chi connectivity index (χ4v) is 4.98. The monoisotopic (exact) mass is 491 g/mol. The maximum absolute atomic E-state index is 13.6. The first-order valence-electron chi connectivity index (χ1n) is 10.8. The highest BCUT2D eigenvalue weighted by atomic mass is 35.5. The molecule has 1 aliphatic rings. The maximum atomic E-state index is 13.6. The molecule has 1 aromatic heterocycles. The lowest BCUT2D eigenvalue weighted by Crippen LogP contribution is -2.31. The molecule has 0 saturated heterocycles. The zero-order valence-corrected chi connectivity index (χ0v) is 20.3. The van der Waals surface area contributed by atoms with Crippen LogP contribution in [0, 0.1) is 0 Å². The van der Waals surface area contributed by atoms with Crippen LogP contribution in [0.5, 0.6) is 5.75 Å². The number of hydrogen-bond donors (Lipinski definition) is 0. The van der Waals surface area contributed by atoms with Gasteiger partial charge in [0.15, 0.2) is 5.43 Å². The molecule has 0 spiro atoms. The van der Waals surface area contributed by atoms with Gasteiger partial charge in [-0.25, -0.2) is 0 Å². The van der Waals surface area contributed by atoms with E-state index in [0.29, 0.717) is 34.5 Å². The van der Waals surface area contributed by atoms with Crippen molar-refractivity contribution in [1.29, 1.82) is 0 Å². The second-order valence-electron chi connectivity index (χ2n) is 8.09. The molecule has 1 amide bonds. The summed E-state index contributed by atoms with van der Waals surface area (Å²) in [6.45, 7) is 0.431. The van der Waals surface area contributed by atoms with Gasteiger partial charge in [0.2, 0.25) is 5.76 Å². The van der Waals surface area contributed by atoms with Crippen LogP contribution in [0.15, 0.2) is 80.8 Å². The largest absolute Gasteiger partial charge is 0.497 e. The third-order valence-electron chi connectivity index (χ3n) is 6.16. The van der Waals surface area contributed by atoms with Crippen LogP contribution in [-0.2, 0) is 6.42 Å². The van der Waals surface area contributed by atoms with Crippen LogP contribution in [0.25, 0.3) is 11.0 Å². The molecule has 5 nitrogen and oxygen atoms in total. The maximum Gasteiger partial charge on any atom is 0.290 e. The summed E-state index contributed by atoms with van der Waals surface area (Å²) in [5.41, 5.74) is 2.44. The minimum absolute atomic E-state index is 0.105. The molecule has 2 heterocycles. The third kappa shape index (κ3) is 3.97. The zero-order valence-electron chi connectivity index (χ0n) is 18.7.